The second kappa shape index (κ2) is 8.00. The van der Waals surface area contributed by atoms with Gasteiger partial charge in [0.25, 0.3) is 5.91 Å². The van der Waals surface area contributed by atoms with Gasteiger partial charge in [-0.05, 0) is 25.0 Å². The van der Waals surface area contributed by atoms with Crippen molar-refractivity contribution in [1.82, 2.24) is 4.57 Å². The third kappa shape index (κ3) is 3.24. The van der Waals surface area contributed by atoms with Crippen LogP contribution in [0.3, 0.4) is 0 Å². The quantitative estimate of drug-likeness (QED) is 0.578. The van der Waals surface area contributed by atoms with Crippen LogP contribution in [0.5, 0.6) is 5.75 Å². The van der Waals surface area contributed by atoms with Crippen molar-refractivity contribution in [2.75, 3.05) is 20.3 Å². The molecule has 2 aromatic heterocycles. The minimum absolute atomic E-state index is 0.251. The largest absolute Gasteiger partial charge is 0.493 e. The summed E-state index contributed by atoms with van der Waals surface area (Å²) >= 11 is 7.43. The monoisotopic (exact) mass is 430 g/mol. The van der Waals surface area contributed by atoms with E-state index in [1.807, 2.05) is 24.3 Å². The van der Waals surface area contributed by atoms with Gasteiger partial charge in [-0.25, -0.2) is 0 Å². The molecule has 0 fully saturated rings. The van der Waals surface area contributed by atoms with Crippen LogP contribution in [0.2, 0.25) is 4.34 Å². The molecular weight excluding hydrogens is 412 g/mol. The highest BCUT2D eigenvalue weighted by atomic mass is 35.5. The molecule has 0 amide bonds. The van der Waals surface area contributed by atoms with Crippen molar-refractivity contribution in [2.45, 2.75) is 19.3 Å². The smallest absolute Gasteiger partial charge is 0.320 e. The number of hydrogen-bond donors (Lipinski definition) is 0. The molecule has 0 saturated heterocycles. The van der Waals surface area contributed by atoms with Crippen molar-refractivity contribution >= 4 is 51.9 Å². The van der Waals surface area contributed by atoms with Gasteiger partial charge in [0.2, 0.25) is 0 Å². The van der Waals surface area contributed by atoms with Gasteiger partial charge in [-0.2, -0.15) is 0 Å². The number of fused-ring (bicyclic) bond motifs is 3. The third-order valence-corrected chi connectivity index (χ3v) is 6.13. The third-order valence-electron chi connectivity index (χ3n) is 4.94. The Morgan fingerprint density at radius 2 is 2.14 bits per heavy atom. The Kier molecular flexibility index (Phi) is 5.43. The van der Waals surface area contributed by atoms with Gasteiger partial charge >= 0.3 is 5.97 Å². The fraction of sp³-hybridized carbons (Fsp3) is 0.286. The Morgan fingerprint density at radius 3 is 2.90 bits per heavy atom. The van der Waals surface area contributed by atoms with Crippen LogP contribution in [-0.4, -0.2) is 42.9 Å². The van der Waals surface area contributed by atoms with E-state index in [-0.39, 0.29) is 12.5 Å². The molecule has 0 N–H and O–H groups in total. The zero-order valence-electron chi connectivity index (χ0n) is 16.0. The van der Waals surface area contributed by atoms with E-state index < -0.39 is 11.9 Å². The number of carbonyl (C=O) groups excluding carboxylic acids is 2. The molecule has 29 heavy (non-hydrogen) atoms. The van der Waals surface area contributed by atoms with E-state index in [1.165, 1.54) is 18.4 Å². The second-order valence-corrected chi connectivity index (χ2v) is 7.99. The van der Waals surface area contributed by atoms with Gasteiger partial charge in [-0.15, -0.1) is 11.3 Å². The zero-order chi connectivity index (χ0) is 20.5. The molecule has 0 spiro atoms. The zero-order valence-corrected chi connectivity index (χ0v) is 17.5. The summed E-state index contributed by atoms with van der Waals surface area (Å²) in [6.45, 7) is 2.55. The molecule has 1 aliphatic rings. The predicted octanol–water partition coefficient (Wildman–Crippen LogP) is 4.33. The molecule has 1 atom stereocenters. The first kappa shape index (κ1) is 19.7. The van der Waals surface area contributed by atoms with E-state index in [4.69, 9.17) is 21.1 Å². The van der Waals surface area contributed by atoms with Crippen molar-refractivity contribution in [3.8, 4) is 5.75 Å². The summed E-state index contributed by atoms with van der Waals surface area (Å²) in [5.74, 6) is -1.15. The molecule has 1 unspecified atom stereocenters. The van der Waals surface area contributed by atoms with Gasteiger partial charge in [0.15, 0.2) is 5.75 Å². The van der Waals surface area contributed by atoms with E-state index in [9.17, 15) is 9.59 Å². The first-order valence-electron chi connectivity index (χ1n) is 9.22. The average molecular weight is 431 g/mol. The number of hydrogen-bond acceptors (Lipinski definition) is 6. The van der Waals surface area contributed by atoms with Crippen LogP contribution < -0.4 is 4.74 Å². The van der Waals surface area contributed by atoms with Crippen molar-refractivity contribution < 1.29 is 19.1 Å². The molecular formula is C21H19ClN2O4S. The molecule has 0 bridgehead atoms. The highest BCUT2D eigenvalue weighted by molar-refractivity contribution is 7.15. The average Bonchev–Trinajstić information content (AvgIpc) is 3.16. The number of benzene rings is 1. The number of rotatable bonds is 4. The standard InChI is InChI=1S/C21H19ClN2O4S/c1-3-28-21(26)14-10-23-9-8-13-12-6-4-5-7-16(12)24(17(13)14)20(25)15-11-29-19(22)18(15)27-2/h4-7,10-11,14H,3,8-9H2,1-2H3. The van der Waals surface area contributed by atoms with E-state index in [2.05, 4.69) is 4.99 Å². The SMILES string of the molecule is CCOC(=O)C1C=NCCc2c1n(C(=O)c1csc(Cl)c1OC)c1ccccc21. The Hall–Kier alpha value is -2.64. The van der Waals surface area contributed by atoms with Crippen molar-refractivity contribution in [1.29, 1.82) is 0 Å². The normalized spacial score (nSPS) is 15.8. The summed E-state index contributed by atoms with van der Waals surface area (Å²) in [6.07, 6.45) is 2.22. The van der Waals surface area contributed by atoms with Crippen molar-refractivity contribution in [3.63, 3.8) is 0 Å². The molecule has 4 rings (SSSR count). The Labute approximate surface area is 176 Å². The van der Waals surface area contributed by atoms with Crippen LogP contribution >= 0.6 is 22.9 Å². The molecule has 1 aromatic carbocycles. The molecule has 150 valence electrons. The topological polar surface area (TPSA) is 69.9 Å². The summed E-state index contributed by atoms with van der Waals surface area (Å²) in [6, 6.07) is 7.63. The molecule has 3 aromatic rings. The number of halogens is 1. The van der Waals surface area contributed by atoms with E-state index >= 15 is 0 Å². The molecule has 0 saturated carbocycles. The van der Waals surface area contributed by atoms with Gasteiger partial charge in [0.05, 0.1) is 24.8 Å². The first-order valence-corrected chi connectivity index (χ1v) is 10.5. The Bertz CT molecular complexity index is 1130. The maximum atomic E-state index is 13.7. The minimum atomic E-state index is -0.760. The Balaban J connectivity index is 2.00. The molecule has 6 nitrogen and oxygen atoms in total. The number of para-hydroxylation sites is 1. The highest BCUT2D eigenvalue weighted by Crippen LogP contribution is 2.39. The summed E-state index contributed by atoms with van der Waals surface area (Å²) < 4.78 is 12.6. The van der Waals surface area contributed by atoms with E-state index in [0.717, 1.165) is 16.5 Å². The maximum absolute atomic E-state index is 13.7. The van der Waals surface area contributed by atoms with Gasteiger partial charge in [-0.3, -0.25) is 19.1 Å². The van der Waals surface area contributed by atoms with Gasteiger partial charge in [0, 0.05) is 29.2 Å². The van der Waals surface area contributed by atoms with Crippen LogP contribution in [0.1, 0.15) is 34.5 Å². The summed E-state index contributed by atoms with van der Waals surface area (Å²) in [7, 11) is 1.48. The van der Waals surface area contributed by atoms with E-state index in [0.29, 0.717) is 34.3 Å². The number of methoxy groups -OCH3 is 1. The van der Waals surface area contributed by atoms with E-state index in [1.54, 1.807) is 23.1 Å². The lowest BCUT2D eigenvalue weighted by molar-refractivity contribution is -0.143. The number of thiophene rings is 1. The summed E-state index contributed by atoms with van der Waals surface area (Å²) in [5, 5.41) is 2.60. The van der Waals surface area contributed by atoms with Gasteiger partial charge in [0.1, 0.15) is 10.3 Å². The minimum Gasteiger partial charge on any atom is -0.493 e. The molecule has 3 heterocycles. The lowest BCUT2D eigenvalue weighted by atomic mass is 10.00. The molecule has 8 heteroatoms. The van der Waals surface area contributed by atoms with Crippen LogP contribution in [0.15, 0.2) is 34.6 Å². The fourth-order valence-electron chi connectivity index (χ4n) is 3.75. The van der Waals surface area contributed by atoms with Gasteiger partial charge in [-0.1, -0.05) is 29.8 Å². The van der Waals surface area contributed by atoms with Crippen molar-refractivity contribution in [3.05, 3.63) is 50.8 Å². The predicted molar refractivity (Wildman–Crippen MR) is 114 cm³/mol. The number of carbonyl (C=O) groups is 2. The van der Waals surface area contributed by atoms with Crippen molar-refractivity contribution in [2.24, 2.45) is 4.99 Å². The van der Waals surface area contributed by atoms with Gasteiger partial charge < -0.3 is 9.47 Å². The molecule has 0 radical (unpaired) electrons. The number of nitrogens with zero attached hydrogens (tertiary/aromatic N) is 2. The van der Waals surface area contributed by atoms with Crippen LogP contribution in [0.25, 0.3) is 10.9 Å². The van der Waals surface area contributed by atoms with Crippen LogP contribution in [0.4, 0.5) is 0 Å². The lowest BCUT2D eigenvalue weighted by Crippen LogP contribution is -2.24. The number of esters is 1. The lowest BCUT2D eigenvalue weighted by Gasteiger charge is -2.16. The highest BCUT2D eigenvalue weighted by Gasteiger charge is 2.34. The number of ether oxygens (including phenoxy) is 2. The molecule has 0 aliphatic carbocycles. The number of aromatic nitrogens is 1. The molecule has 1 aliphatic heterocycles. The van der Waals surface area contributed by atoms with Crippen LogP contribution in [-0.2, 0) is 16.0 Å². The second-order valence-electron chi connectivity index (χ2n) is 6.51. The Morgan fingerprint density at radius 1 is 1.34 bits per heavy atom. The first-order chi connectivity index (χ1) is 14.1. The summed E-state index contributed by atoms with van der Waals surface area (Å²) in [5.41, 5.74) is 2.62. The maximum Gasteiger partial charge on any atom is 0.320 e. The number of aliphatic imine (C=N–C) groups is 1. The summed E-state index contributed by atoms with van der Waals surface area (Å²) in [4.78, 5) is 30.8. The fourth-order valence-corrected chi connectivity index (χ4v) is 4.79. The van der Waals surface area contributed by atoms with Crippen LogP contribution in [0, 0.1) is 0 Å².